The van der Waals surface area contributed by atoms with Crippen LogP contribution in [0.1, 0.15) is 35.1 Å². The summed E-state index contributed by atoms with van der Waals surface area (Å²) in [6.07, 6.45) is 2.35. The highest BCUT2D eigenvalue weighted by atomic mass is 35.5. The highest BCUT2D eigenvalue weighted by molar-refractivity contribution is 6.30. The summed E-state index contributed by atoms with van der Waals surface area (Å²) in [5.41, 5.74) is 8.28. The molecule has 3 aromatic rings. The number of hydrogen-bond donors (Lipinski definition) is 0. The third kappa shape index (κ3) is 4.13. The molecule has 1 aliphatic rings. The van der Waals surface area contributed by atoms with E-state index in [4.69, 9.17) is 16.4 Å². The van der Waals surface area contributed by atoms with Crippen molar-refractivity contribution in [3.8, 4) is 11.1 Å². The first-order chi connectivity index (χ1) is 13.6. The number of rotatable bonds is 6. The molecule has 28 heavy (non-hydrogen) atoms. The SMILES string of the molecule is Cc1ccc(-c2ccccc2)c(C)c1CON=C(c1ccc(Cl)cc1)C1CC1. The van der Waals surface area contributed by atoms with E-state index in [9.17, 15) is 0 Å². The van der Waals surface area contributed by atoms with Crippen molar-refractivity contribution in [3.63, 3.8) is 0 Å². The minimum absolute atomic E-state index is 0.474. The number of nitrogens with zero attached hydrogens (tertiary/aromatic N) is 1. The molecule has 1 saturated carbocycles. The number of aryl methyl sites for hydroxylation is 1. The van der Waals surface area contributed by atoms with Gasteiger partial charge in [0.25, 0.3) is 0 Å². The summed E-state index contributed by atoms with van der Waals surface area (Å²) in [4.78, 5) is 5.88. The van der Waals surface area contributed by atoms with E-state index in [1.165, 1.54) is 40.7 Å². The van der Waals surface area contributed by atoms with Crippen LogP contribution < -0.4 is 0 Å². The first-order valence-corrected chi connectivity index (χ1v) is 10.1. The van der Waals surface area contributed by atoms with Gasteiger partial charge in [-0.25, -0.2) is 0 Å². The fraction of sp³-hybridized carbons (Fsp3) is 0.240. The van der Waals surface area contributed by atoms with Crippen molar-refractivity contribution in [1.82, 2.24) is 0 Å². The fourth-order valence-electron chi connectivity index (χ4n) is 3.55. The van der Waals surface area contributed by atoms with Crippen LogP contribution in [0, 0.1) is 19.8 Å². The highest BCUT2D eigenvalue weighted by Gasteiger charge is 2.29. The standard InChI is InChI=1S/C25H24ClNO/c1-17-8-15-23(19-6-4-3-5-7-19)18(2)24(17)16-28-27-25(20-9-10-20)21-11-13-22(26)14-12-21/h3-8,11-15,20H,9-10,16H2,1-2H3. The Bertz CT molecular complexity index is 989. The lowest BCUT2D eigenvalue weighted by Gasteiger charge is -2.14. The van der Waals surface area contributed by atoms with Crippen LogP contribution in [-0.2, 0) is 11.4 Å². The third-order valence-corrected chi connectivity index (χ3v) is 5.65. The van der Waals surface area contributed by atoms with Crippen LogP contribution in [0.5, 0.6) is 0 Å². The molecule has 3 heteroatoms. The zero-order chi connectivity index (χ0) is 19.5. The van der Waals surface area contributed by atoms with E-state index in [0.717, 1.165) is 16.3 Å². The van der Waals surface area contributed by atoms with Gasteiger partial charge in [-0.15, -0.1) is 0 Å². The van der Waals surface area contributed by atoms with Gasteiger partial charge in [-0.2, -0.15) is 0 Å². The molecule has 0 heterocycles. The number of hydrogen-bond acceptors (Lipinski definition) is 2. The van der Waals surface area contributed by atoms with E-state index in [1.54, 1.807) is 0 Å². The minimum atomic E-state index is 0.474. The molecule has 4 rings (SSSR count). The highest BCUT2D eigenvalue weighted by Crippen LogP contribution is 2.34. The molecule has 0 spiro atoms. The molecule has 0 aliphatic heterocycles. The second-order valence-electron chi connectivity index (χ2n) is 7.43. The normalized spacial score (nSPS) is 14.2. The van der Waals surface area contributed by atoms with Gasteiger partial charge in [-0.1, -0.05) is 71.4 Å². The smallest absolute Gasteiger partial charge is 0.142 e. The molecule has 1 aliphatic carbocycles. The molecular weight excluding hydrogens is 366 g/mol. The molecule has 3 aromatic carbocycles. The van der Waals surface area contributed by atoms with Gasteiger partial charge in [-0.05, 0) is 72.2 Å². The van der Waals surface area contributed by atoms with Crippen LogP contribution in [-0.4, -0.2) is 5.71 Å². The summed E-state index contributed by atoms with van der Waals surface area (Å²) in [5.74, 6) is 0.499. The molecule has 2 nitrogen and oxygen atoms in total. The van der Waals surface area contributed by atoms with Gasteiger partial charge in [-0.3, -0.25) is 0 Å². The van der Waals surface area contributed by atoms with Gasteiger partial charge in [0.1, 0.15) is 6.61 Å². The molecule has 0 bridgehead atoms. The second kappa shape index (κ2) is 8.20. The van der Waals surface area contributed by atoms with Crippen molar-refractivity contribution in [2.24, 2.45) is 11.1 Å². The summed E-state index contributed by atoms with van der Waals surface area (Å²) in [5, 5.41) is 5.28. The van der Waals surface area contributed by atoms with E-state index in [-0.39, 0.29) is 0 Å². The molecule has 0 unspecified atom stereocenters. The first kappa shape index (κ1) is 18.8. The molecule has 142 valence electrons. The van der Waals surface area contributed by atoms with Crippen molar-refractivity contribution < 1.29 is 4.84 Å². The maximum absolute atomic E-state index is 6.02. The summed E-state index contributed by atoms with van der Waals surface area (Å²) < 4.78 is 0. The molecule has 0 saturated heterocycles. The topological polar surface area (TPSA) is 21.6 Å². The van der Waals surface area contributed by atoms with Crippen LogP contribution in [0.3, 0.4) is 0 Å². The second-order valence-corrected chi connectivity index (χ2v) is 7.87. The van der Waals surface area contributed by atoms with E-state index in [0.29, 0.717) is 12.5 Å². The Morgan fingerprint density at radius 1 is 0.964 bits per heavy atom. The lowest BCUT2D eigenvalue weighted by atomic mass is 9.94. The maximum atomic E-state index is 6.02. The minimum Gasteiger partial charge on any atom is -0.391 e. The Hall–Kier alpha value is -2.58. The van der Waals surface area contributed by atoms with Crippen molar-refractivity contribution in [1.29, 1.82) is 0 Å². The zero-order valence-electron chi connectivity index (χ0n) is 16.3. The number of oxime groups is 1. The quantitative estimate of drug-likeness (QED) is 0.330. The fourth-order valence-corrected chi connectivity index (χ4v) is 3.68. The van der Waals surface area contributed by atoms with Crippen molar-refractivity contribution in [3.05, 3.63) is 94.0 Å². The van der Waals surface area contributed by atoms with E-state index >= 15 is 0 Å². The summed E-state index contributed by atoms with van der Waals surface area (Å²) in [6.45, 7) is 4.77. The van der Waals surface area contributed by atoms with Crippen molar-refractivity contribution in [2.45, 2.75) is 33.3 Å². The molecule has 0 aromatic heterocycles. The number of halogens is 1. The first-order valence-electron chi connectivity index (χ1n) is 9.74. The van der Waals surface area contributed by atoms with Crippen LogP contribution in [0.4, 0.5) is 0 Å². The van der Waals surface area contributed by atoms with E-state index in [2.05, 4.69) is 55.4 Å². The Morgan fingerprint density at radius 3 is 2.36 bits per heavy atom. The third-order valence-electron chi connectivity index (χ3n) is 5.39. The molecule has 0 radical (unpaired) electrons. The van der Waals surface area contributed by atoms with Gasteiger partial charge in [0, 0.05) is 10.9 Å². The van der Waals surface area contributed by atoms with Gasteiger partial charge >= 0.3 is 0 Å². The lowest BCUT2D eigenvalue weighted by molar-refractivity contribution is 0.129. The van der Waals surface area contributed by atoms with Crippen LogP contribution >= 0.6 is 11.6 Å². The molecule has 1 fully saturated rings. The maximum Gasteiger partial charge on any atom is 0.142 e. The number of benzene rings is 3. The Morgan fingerprint density at radius 2 is 1.68 bits per heavy atom. The largest absolute Gasteiger partial charge is 0.391 e. The van der Waals surface area contributed by atoms with Gasteiger partial charge in [0.05, 0.1) is 5.71 Å². The monoisotopic (exact) mass is 389 g/mol. The van der Waals surface area contributed by atoms with E-state index in [1.807, 2.05) is 30.3 Å². The molecule has 0 atom stereocenters. The molecule has 0 amide bonds. The van der Waals surface area contributed by atoms with Crippen LogP contribution in [0.2, 0.25) is 5.02 Å². The summed E-state index contributed by atoms with van der Waals surface area (Å²) >= 11 is 6.02. The summed E-state index contributed by atoms with van der Waals surface area (Å²) in [7, 11) is 0. The lowest BCUT2D eigenvalue weighted by Crippen LogP contribution is -2.05. The van der Waals surface area contributed by atoms with Gasteiger partial charge in [0.2, 0.25) is 0 Å². The van der Waals surface area contributed by atoms with Crippen molar-refractivity contribution in [2.75, 3.05) is 0 Å². The Kier molecular flexibility index (Phi) is 5.50. The Balaban J connectivity index is 1.57. The van der Waals surface area contributed by atoms with Crippen molar-refractivity contribution >= 4 is 17.3 Å². The zero-order valence-corrected chi connectivity index (χ0v) is 17.0. The Labute approximate surface area is 171 Å². The van der Waals surface area contributed by atoms with Gasteiger partial charge in [0.15, 0.2) is 0 Å². The van der Waals surface area contributed by atoms with Gasteiger partial charge < -0.3 is 4.84 Å². The molecular formula is C25H24ClNO. The average Bonchev–Trinajstić information content (AvgIpc) is 3.54. The average molecular weight is 390 g/mol. The predicted octanol–water partition coefficient (Wildman–Crippen LogP) is 6.95. The molecule has 0 N–H and O–H groups in total. The summed E-state index contributed by atoms with van der Waals surface area (Å²) in [6, 6.07) is 22.7. The van der Waals surface area contributed by atoms with E-state index < -0.39 is 0 Å². The van der Waals surface area contributed by atoms with Crippen LogP contribution in [0.15, 0.2) is 71.9 Å². The predicted molar refractivity (Wildman–Crippen MR) is 117 cm³/mol. The van der Waals surface area contributed by atoms with Crippen LogP contribution in [0.25, 0.3) is 11.1 Å².